The van der Waals surface area contributed by atoms with E-state index in [0.29, 0.717) is 13.1 Å². The van der Waals surface area contributed by atoms with Gasteiger partial charge >= 0.3 is 0 Å². The van der Waals surface area contributed by atoms with E-state index < -0.39 is 0 Å². The van der Waals surface area contributed by atoms with E-state index >= 15 is 0 Å². The van der Waals surface area contributed by atoms with Crippen molar-refractivity contribution in [3.8, 4) is 0 Å². The van der Waals surface area contributed by atoms with E-state index in [9.17, 15) is 4.79 Å². The minimum atomic E-state index is -0.100. The molecular weight excluding hydrogens is 392 g/mol. The molecule has 1 aliphatic carbocycles. The second-order valence-corrected chi connectivity index (χ2v) is 10.5. The van der Waals surface area contributed by atoms with Gasteiger partial charge in [-0.05, 0) is 30.7 Å². The second-order valence-electron chi connectivity index (χ2n) is 9.15. The Morgan fingerprint density at radius 2 is 1.93 bits per heavy atom. The number of nitrogens with zero attached hydrogens (tertiary/aromatic N) is 4. The predicted molar refractivity (Wildman–Crippen MR) is 117 cm³/mol. The zero-order chi connectivity index (χ0) is 20.1. The highest BCUT2D eigenvalue weighted by Gasteiger charge is 2.30. The van der Waals surface area contributed by atoms with Gasteiger partial charge in [0.1, 0.15) is 22.4 Å². The van der Waals surface area contributed by atoms with Crippen LogP contribution in [0.15, 0.2) is 0 Å². The first-order valence-electron chi connectivity index (χ1n) is 10.2. The SMILES string of the molecule is C[C@@H]1CCc2c(sc3nc(C(C)(C)C)nc(N4CCN(C(=O)CCl)CC4)c23)C1. The first-order valence-corrected chi connectivity index (χ1v) is 11.5. The molecule has 1 saturated heterocycles. The molecule has 28 heavy (non-hydrogen) atoms. The molecule has 0 radical (unpaired) electrons. The Balaban J connectivity index is 1.77. The lowest BCUT2D eigenvalue weighted by atomic mass is 9.89. The summed E-state index contributed by atoms with van der Waals surface area (Å²) in [5, 5.41) is 1.26. The number of fused-ring (bicyclic) bond motifs is 3. The van der Waals surface area contributed by atoms with Crippen LogP contribution < -0.4 is 4.90 Å². The highest BCUT2D eigenvalue weighted by Crippen LogP contribution is 2.42. The van der Waals surface area contributed by atoms with Crippen LogP contribution in [-0.2, 0) is 23.1 Å². The van der Waals surface area contributed by atoms with E-state index in [1.165, 1.54) is 22.2 Å². The fraction of sp³-hybridized carbons (Fsp3) is 0.667. The summed E-state index contributed by atoms with van der Waals surface area (Å²) >= 11 is 7.60. The molecule has 0 bridgehead atoms. The molecule has 0 unspecified atom stereocenters. The van der Waals surface area contributed by atoms with Gasteiger partial charge in [-0.15, -0.1) is 22.9 Å². The first-order chi connectivity index (χ1) is 13.3. The summed E-state index contributed by atoms with van der Waals surface area (Å²) in [4.78, 5) is 28.8. The van der Waals surface area contributed by atoms with Crippen molar-refractivity contribution in [2.24, 2.45) is 5.92 Å². The molecule has 0 N–H and O–H groups in total. The number of thiophene rings is 1. The fourth-order valence-corrected chi connectivity index (χ4v) is 5.69. The number of aryl methyl sites for hydroxylation is 1. The lowest BCUT2D eigenvalue weighted by Crippen LogP contribution is -2.49. The van der Waals surface area contributed by atoms with E-state index in [1.807, 2.05) is 16.2 Å². The fourth-order valence-electron chi connectivity index (χ4n) is 4.14. The second kappa shape index (κ2) is 7.45. The van der Waals surface area contributed by atoms with Gasteiger partial charge in [-0.25, -0.2) is 9.97 Å². The van der Waals surface area contributed by atoms with E-state index in [4.69, 9.17) is 21.6 Å². The van der Waals surface area contributed by atoms with Crippen LogP contribution >= 0.6 is 22.9 Å². The molecule has 152 valence electrons. The number of aromatic nitrogens is 2. The number of alkyl halides is 1. The van der Waals surface area contributed by atoms with Gasteiger partial charge in [-0.2, -0.15) is 0 Å². The molecule has 4 rings (SSSR count). The zero-order valence-corrected chi connectivity index (χ0v) is 18.8. The quantitative estimate of drug-likeness (QED) is 0.689. The Kier molecular flexibility index (Phi) is 5.29. The van der Waals surface area contributed by atoms with Crippen LogP contribution in [0.25, 0.3) is 10.2 Å². The molecule has 0 aromatic carbocycles. The van der Waals surface area contributed by atoms with Crippen molar-refractivity contribution in [1.29, 1.82) is 0 Å². The molecule has 2 aliphatic rings. The molecule has 0 saturated carbocycles. The van der Waals surface area contributed by atoms with E-state index in [2.05, 4.69) is 32.6 Å². The van der Waals surface area contributed by atoms with Crippen molar-refractivity contribution in [2.75, 3.05) is 37.0 Å². The van der Waals surface area contributed by atoms with Crippen LogP contribution in [0.5, 0.6) is 0 Å². The van der Waals surface area contributed by atoms with Crippen LogP contribution in [0.4, 0.5) is 5.82 Å². The van der Waals surface area contributed by atoms with Crippen LogP contribution in [0.3, 0.4) is 0 Å². The Morgan fingerprint density at radius 1 is 1.21 bits per heavy atom. The summed E-state index contributed by atoms with van der Waals surface area (Å²) in [6.07, 6.45) is 3.50. The maximum atomic E-state index is 11.9. The number of hydrogen-bond acceptors (Lipinski definition) is 5. The monoisotopic (exact) mass is 420 g/mol. The van der Waals surface area contributed by atoms with Crippen molar-refractivity contribution in [3.05, 3.63) is 16.3 Å². The van der Waals surface area contributed by atoms with Crippen LogP contribution in [0.2, 0.25) is 0 Å². The van der Waals surface area contributed by atoms with Crippen molar-refractivity contribution >= 4 is 44.9 Å². The largest absolute Gasteiger partial charge is 0.352 e. The molecule has 7 heteroatoms. The number of halogens is 1. The summed E-state index contributed by atoms with van der Waals surface area (Å²) in [5.74, 6) is 2.79. The zero-order valence-electron chi connectivity index (χ0n) is 17.2. The average molecular weight is 421 g/mol. The molecule has 2 aromatic heterocycles. The van der Waals surface area contributed by atoms with Gasteiger partial charge in [0.15, 0.2) is 0 Å². The van der Waals surface area contributed by atoms with Crippen molar-refractivity contribution < 1.29 is 4.79 Å². The molecule has 3 heterocycles. The molecule has 5 nitrogen and oxygen atoms in total. The molecule has 0 spiro atoms. The molecule has 1 fully saturated rings. The molecular formula is C21H29ClN4OS. The van der Waals surface area contributed by atoms with E-state index in [1.54, 1.807) is 0 Å². The minimum Gasteiger partial charge on any atom is -0.352 e. The number of rotatable bonds is 2. The summed E-state index contributed by atoms with van der Waals surface area (Å²) in [6, 6.07) is 0. The molecule has 1 amide bonds. The molecule has 1 aliphatic heterocycles. The Bertz CT molecular complexity index is 896. The molecule has 1 atom stereocenters. The highest BCUT2D eigenvalue weighted by molar-refractivity contribution is 7.19. The summed E-state index contributed by atoms with van der Waals surface area (Å²) in [7, 11) is 0. The van der Waals surface area contributed by atoms with Gasteiger partial charge in [0.25, 0.3) is 0 Å². The van der Waals surface area contributed by atoms with Gasteiger partial charge < -0.3 is 9.80 Å². The standard InChI is InChI=1S/C21H29ClN4OS/c1-13-5-6-14-15(11-13)28-19-17(14)18(23-20(24-19)21(2,3)4)26-9-7-25(8-10-26)16(27)12-22/h13H,5-12H2,1-4H3/t13-/m1/s1. The number of piperazine rings is 1. The van der Waals surface area contributed by atoms with Crippen molar-refractivity contribution in [2.45, 2.75) is 52.4 Å². The van der Waals surface area contributed by atoms with Gasteiger partial charge in [0.2, 0.25) is 5.91 Å². The van der Waals surface area contributed by atoms with Crippen LogP contribution in [0, 0.1) is 5.92 Å². The summed E-state index contributed by atoms with van der Waals surface area (Å²) in [5.41, 5.74) is 1.37. The van der Waals surface area contributed by atoms with Gasteiger partial charge in [0, 0.05) is 36.5 Å². The third-order valence-electron chi connectivity index (χ3n) is 5.85. The number of anilines is 1. The number of amides is 1. The van der Waals surface area contributed by atoms with Gasteiger partial charge in [0.05, 0.1) is 5.39 Å². The highest BCUT2D eigenvalue weighted by atomic mass is 35.5. The lowest BCUT2D eigenvalue weighted by Gasteiger charge is -2.36. The van der Waals surface area contributed by atoms with Crippen LogP contribution in [-0.4, -0.2) is 52.8 Å². The predicted octanol–water partition coefficient (Wildman–Crippen LogP) is 4.00. The lowest BCUT2D eigenvalue weighted by molar-refractivity contribution is -0.128. The number of hydrogen-bond donors (Lipinski definition) is 0. The average Bonchev–Trinajstić information content (AvgIpc) is 3.03. The summed E-state index contributed by atoms with van der Waals surface area (Å²) < 4.78 is 0. The maximum absolute atomic E-state index is 11.9. The smallest absolute Gasteiger partial charge is 0.237 e. The third-order valence-corrected chi connectivity index (χ3v) is 7.23. The number of carbonyl (C=O) groups excluding carboxylic acids is 1. The Labute approximate surface area is 176 Å². The van der Waals surface area contributed by atoms with E-state index in [-0.39, 0.29) is 17.2 Å². The normalized spacial score (nSPS) is 20.5. The van der Waals surface area contributed by atoms with Gasteiger partial charge in [-0.3, -0.25) is 4.79 Å². The van der Waals surface area contributed by atoms with Crippen molar-refractivity contribution in [1.82, 2.24) is 14.9 Å². The third kappa shape index (κ3) is 3.61. The molecule has 2 aromatic rings. The van der Waals surface area contributed by atoms with E-state index in [0.717, 1.165) is 48.3 Å². The maximum Gasteiger partial charge on any atom is 0.237 e. The number of carbonyl (C=O) groups is 1. The minimum absolute atomic E-state index is 0.0198. The van der Waals surface area contributed by atoms with Gasteiger partial charge in [-0.1, -0.05) is 27.7 Å². The summed E-state index contributed by atoms with van der Waals surface area (Å²) in [6.45, 7) is 11.8. The van der Waals surface area contributed by atoms with Crippen LogP contribution in [0.1, 0.15) is 50.4 Å². The topological polar surface area (TPSA) is 49.3 Å². The Morgan fingerprint density at radius 3 is 2.57 bits per heavy atom. The van der Waals surface area contributed by atoms with Crippen molar-refractivity contribution in [3.63, 3.8) is 0 Å². The Hall–Kier alpha value is -1.40. The first kappa shape index (κ1) is 19.9.